The predicted octanol–water partition coefficient (Wildman–Crippen LogP) is 5.39. The summed E-state index contributed by atoms with van der Waals surface area (Å²) in [5.74, 6) is 0. The van der Waals surface area contributed by atoms with Gasteiger partial charge in [0.05, 0.1) is 27.2 Å². The number of unbranched alkanes of at least 4 members (excludes halogenated alkanes) is 9. The summed E-state index contributed by atoms with van der Waals surface area (Å²) in [5.41, 5.74) is 0. The van der Waals surface area contributed by atoms with Crippen molar-refractivity contribution < 1.29 is 4.48 Å². The maximum Gasteiger partial charge on any atom is 0.0782 e. The van der Waals surface area contributed by atoms with Gasteiger partial charge in [0.15, 0.2) is 0 Å². The lowest BCUT2D eigenvalue weighted by Gasteiger charge is -2.29. The van der Waals surface area contributed by atoms with Gasteiger partial charge in [0.25, 0.3) is 0 Å². The van der Waals surface area contributed by atoms with Crippen LogP contribution in [-0.4, -0.2) is 31.7 Å². The van der Waals surface area contributed by atoms with E-state index in [0.717, 1.165) is 0 Å². The minimum atomic E-state index is 1.22. The number of hydrogen-bond acceptors (Lipinski definition) is 0. The van der Waals surface area contributed by atoms with Crippen molar-refractivity contribution >= 4 is 0 Å². The fraction of sp³-hybridized carbons (Fsp3) is 1.00. The van der Waals surface area contributed by atoms with E-state index in [1.54, 1.807) is 0 Å². The van der Waals surface area contributed by atoms with Gasteiger partial charge in [-0.05, 0) is 19.3 Å². The zero-order chi connectivity index (χ0) is 13.7. The standard InChI is InChI=1S/C17H38N/c1-5-7-8-9-10-11-12-13-14-15-17-18(3,4)16-6-2/h5-17H2,1-4H3/q+1. The summed E-state index contributed by atoms with van der Waals surface area (Å²) in [5, 5.41) is 0. The van der Waals surface area contributed by atoms with Gasteiger partial charge < -0.3 is 4.48 Å². The van der Waals surface area contributed by atoms with Gasteiger partial charge in [-0.3, -0.25) is 0 Å². The Bertz CT molecular complexity index is 163. The van der Waals surface area contributed by atoms with Crippen LogP contribution in [0.4, 0.5) is 0 Å². The first-order valence-corrected chi connectivity index (χ1v) is 8.44. The minimum absolute atomic E-state index is 1.22. The van der Waals surface area contributed by atoms with Crippen molar-refractivity contribution in [3.63, 3.8) is 0 Å². The highest BCUT2D eigenvalue weighted by molar-refractivity contribution is 4.47. The largest absolute Gasteiger partial charge is 0.328 e. The zero-order valence-corrected chi connectivity index (χ0v) is 13.6. The molecule has 0 fully saturated rings. The van der Waals surface area contributed by atoms with Crippen molar-refractivity contribution in [2.45, 2.75) is 84.5 Å². The molecular weight excluding hydrogens is 218 g/mol. The van der Waals surface area contributed by atoms with Gasteiger partial charge in [-0.1, -0.05) is 65.2 Å². The van der Waals surface area contributed by atoms with E-state index < -0.39 is 0 Å². The molecule has 0 saturated carbocycles. The van der Waals surface area contributed by atoms with E-state index >= 15 is 0 Å². The van der Waals surface area contributed by atoms with Crippen molar-refractivity contribution in [2.24, 2.45) is 0 Å². The number of quaternary nitrogens is 1. The summed E-state index contributed by atoms with van der Waals surface area (Å²) in [7, 11) is 4.74. The molecule has 0 radical (unpaired) electrons. The second kappa shape index (κ2) is 12.0. The van der Waals surface area contributed by atoms with Crippen LogP contribution >= 0.6 is 0 Å². The Morgan fingerprint density at radius 3 is 1.39 bits per heavy atom. The Morgan fingerprint density at radius 2 is 0.944 bits per heavy atom. The second-order valence-corrected chi connectivity index (χ2v) is 6.56. The third kappa shape index (κ3) is 12.4. The molecule has 0 rings (SSSR count). The first kappa shape index (κ1) is 18.0. The Morgan fingerprint density at radius 1 is 0.500 bits per heavy atom. The van der Waals surface area contributed by atoms with E-state index in [1.807, 2.05) is 0 Å². The third-order valence-corrected chi connectivity index (χ3v) is 3.95. The maximum absolute atomic E-state index is 2.37. The van der Waals surface area contributed by atoms with E-state index in [0.29, 0.717) is 0 Å². The van der Waals surface area contributed by atoms with Gasteiger partial charge in [-0.2, -0.15) is 0 Å². The van der Waals surface area contributed by atoms with E-state index in [-0.39, 0.29) is 0 Å². The summed E-state index contributed by atoms with van der Waals surface area (Å²) >= 11 is 0. The molecule has 0 N–H and O–H groups in total. The number of nitrogens with zero attached hydrogens (tertiary/aromatic N) is 1. The van der Waals surface area contributed by atoms with Crippen LogP contribution in [0.25, 0.3) is 0 Å². The molecule has 0 saturated heterocycles. The highest BCUT2D eigenvalue weighted by Gasteiger charge is 2.11. The topological polar surface area (TPSA) is 0 Å². The van der Waals surface area contributed by atoms with Gasteiger partial charge >= 0.3 is 0 Å². The van der Waals surface area contributed by atoms with Crippen LogP contribution in [0.15, 0.2) is 0 Å². The van der Waals surface area contributed by atoms with E-state index in [9.17, 15) is 0 Å². The summed E-state index contributed by atoms with van der Waals surface area (Å²) < 4.78 is 1.22. The molecule has 0 aliphatic heterocycles. The Hall–Kier alpha value is -0.0400. The smallest absolute Gasteiger partial charge is 0.0782 e. The van der Waals surface area contributed by atoms with Crippen LogP contribution in [0.1, 0.15) is 84.5 Å². The Labute approximate surface area is 117 Å². The molecule has 0 spiro atoms. The van der Waals surface area contributed by atoms with E-state index in [4.69, 9.17) is 0 Å². The molecule has 0 heterocycles. The van der Waals surface area contributed by atoms with Crippen LogP contribution in [-0.2, 0) is 0 Å². The van der Waals surface area contributed by atoms with Crippen molar-refractivity contribution in [3.8, 4) is 0 Å². The molecule has 110 valence electrons. The fourth-order valence-electron chi connectivity index (χ4n) is 2.74. The molecule has 0 aromatic rings. The Kier molecular flexibility index (Phi) is 12.0. The fourth-order valence-corrected chi connectivity index (χ4v) is 2.74. The molecule has 0 aliphatic carbocycles. The molecule has 18 heavy (non-hydrogen) atoms. The summed E-state index contributed by atoms with van der Waals surface area (Å²) in [4.78, 5) is 0. The molecule has 1 heteroatoms. The average molecular weight is 256 g/mol. The lowest BCUT2D eigenvalue weighted by atomic mass is 10.1. The van der Waals surface area contributed by atoms with Gasteiger partial charge in [0, 0.05) is 0 Å². The van der Waals surface area contributed by atoms with Crippen LogP contribution in [0.3, 0.4) is 0 Å². The molecule has 0 amide bonds. The monoisotopic (exact) mass is 256 g/mol. The number of hydrogen-bond donors (Lipinski definition) is 0. The molecule has 0 unspecified atom stereocenters. The van der Waals surface area contributed by atoms with Crippen molar-refractivity contribution in [3.05, 3.63) is 0 Å². The first-order chi connectivity index (χ1) is 8.62. The van der Waals surface area contributed by atoms with Crippen LogP contribution in [0.2, 0.25) is 0 Å². The first-order valence-electron chi connectivity index (χ1n) is 8.44. The lowest BCUT2D eigenvalue weighted by molar-refractivity contribution is -0.890. The maximum atomic E-state index is 2.37. The van der Waals surface area contributed by atoms with Crippen molar-refractivity contribution in [1.29, 1.82) is 0 Å². The number of rotatable bonds is 13. The van der Waals surface area contributed by atoms with Crippen LogP contribution < -0.4 is 0 Å². The van der Waals surface area contributed by atoms with Crippen molar-refractivity contribution in [1.82, 2.24) is 0 Å². The highest BCUT2D eigenvalue weighted by Crippen LogP contribution is 2.11. The quantitative estimate of drug-likeness (QED) is 0.306. The lowest BCUT2D eigenvalue weighted by Crippen LogP contribution is -2.40. The summed E-state index contributed by atoms with van der Waals surface area (Å²) in [6.07, 6.45) is 15.8. The summed E-state index contributed by atoms with van der Waals surface area (Å²) in [6.45, 7) is 7.28. The van der Waals surface area contributed by atoms with Gasteiger partial charge in [0.2, 0.25) is 0 Å². The van der Waals surface area contributed by atoms with Gasteiger partial charge in [0.1, 0.15) is 0 Å². The average Bonchev–Trinajstić information content (AvgIpc) is 2.31. The molecule has 0 aromatic heterocycles. The third-order valence-electron chi connectivity index (χ3n) is 3.95. The molecule has 1 nitrogen and oxygen atoms in total. The zero-order valence-electron chi connectivity index (χ0n) is 13.6. The highest BCUT2D eigenvalue weighted by atomic mass is 15.3. The van der Waals surface area contributed by atoms with Crippen molar-refractivity contribution in [2.75, 3.05) is 27.2 Å². The van der Waals surface area contributed by atoms with Crippen LogP contribution in [0, 0.1) is 0 Å². The molecule has 0 aliphatic rings. The van der Waals surface area contributed by atoms with Crippen LogP contribution in [0.5, 0.6) is 0 Å². The SMILES string of the molecule is CCCCCCCCCCCC[N+](C)(C)CCC. The normalized spacial score (nSPS) is 12.0. The second-order valence-electron chi connectivity index (χ2n) is 6.56. The molecule has 0 atom stereocenters. The van der Waals surface area contributed by atoms with Gasteiger partial charge in [-0.25, -0.2) is 0 Å². The summed E-state index contributed by atoms with van der Waals surface area (Å²) in [6, 6.07) is 0. The molecule has 0 bridgehead atoms. The van der Waals surface area contributed by atoms with E-state index in [2.05, 4.69) is 27.9 Å². The minimum Gasteiger partial charge on any atom is -0.328 e. The molecule has 0 aromatic carbocycles. The van der Waals surface area contributed by atoms with Gasteiger partial charge in [-0.15, -0.1) is 0 Å². The predicted molar refractivity (Wildman–Crippen MR) is 84.0 cm³/mol. The Balaban J connectivity index is 3.16. The molecular formula is C17H38N+. The van der Waals surface area contributed by atoms with E-state index in [1.165, 1.54) is 88.2 Å².